The molecular weight excluding hydrogens is 305 g/mol. The summed E-state index contributed by atoms with van der Waals surface area (Å²) in [6, 6.07) is 10.4. The smallest absolute Gasteiger partial charge is 0.420 e. The van der Waals surface area contributed by atoms with E-state index in [1.807, 2.05) is 12.1 Å². The van der Waals surface area contributed by atoms with Crippen LogP contribution in [0.5, 0.6) is 11.5 Å². The van der Waals surface area contributed by atoms with Crippen LogP contribution in [0, 0.1) is 11.5 Å². The fourth-order valence-electron chi connectivity index (χ4n) is 2.12. The number of benzene rings is 2. The number of rotatable bonds is 5. The summed E-state index contributed by atoms with van der Waals surface area (Å²) < 4.78 is 44.8. The zero-order chi connectivity index (χ0) is 16.9. The van der Waals surface area contributed by atoms with Gasteiger partial charge in [0, 0.05) is 5.69 Å². The van der Waals surface area contributed by atoms with Gasteiger partial charge in [0.1, 0.15) is 17.1 Å². The molecule has 0 radical (unpaired) electrons. The largest absolute Gasteiger partial charge is 0.457 e. The first kappa shape index (κ1) is 16.7. The molecular formula is C17H15F3N2O. The van der Waals surface area contributed by atoms with Crippen LogP contribution in [0.3, 0.4) is 0 Å². The minimum atomic E-state index is -4.58. The molecule has 1 N–H and O–H groups in total. The predicted octanol–water partition coefficient (Wildman–Crippen LogP) is 5.34. The van der Waals surface area contributed by atoms with Crippen molar-refractivity contribution in [2.24, 2.45) is 0 Å². The van der Waals surface area contributed by atoms with Crippen LogP contribution in [0.2, 0.25) is 0 Å². The van der Waals surface area contributed by atoms with Gasteiger partial charge >= 0.3 is 6.18 Å². The number of hydrogen-bond acceptors (Lipinski definition) is 3. The van der Waals surface area contributed by atoms with E-state index in [-0.39, 0.29) is 11.4 Å². The van der Waals surface area contributed by atoms with E-state index in [1.54, 1.807) is 18.3 Å². The summed E-state index contributed by atoms with van der Waals surface area (Å²) in [5.41, 5.74) is 0.227. The standard InChI is InChI=1S/C17H15F3N2O/c1-2-3-12-4-7-14(8-5-12)23-16-9-6-13(22-11-21)10-15(16)17(18,19)20/h4-10,22H,2-3H2,1H3. The van der Waals surface area contributed by atoms with Gasteiger partial charge < -0.3 is 4.74 Å². The lowest BCUT2D eigenvalue weighted by Gasteiger charge is -2.15. The Morgan fingerprint density at radius 2 is 1.83 bits per heavy atom. The molecule has 0 aliphatic carbocycles. The predicted molar refractivity (Wildman–Crippen MR) is 81.2 cm³/mol. The molecule has 0 spiro atoms. The zero-order valence-electron chi connectivity index (χ0n) is 12.4. The van der Waals surface area contributed by atoms with Gasteiger partial charge in [-0.2, -0.15) is 18.4 Å². The lowest BCUT2D eigenvalue weighted by molar-refractivity contribution is -0.138. The van der Waals surface area contributed by atoms with E-state index in [2.05, 4.69) is 12.2 Å². The highest BCUT2D eigenvalue weighted by Crippen LogP contribution is 2.39. The Morgan fingerprint density at radius 1 is 1.13 bits per heavy atom. The fourth-order valence-corrected chi connectivity index (χ4v) is 2.12. The zero-order valence-corrected chi connectivity index (χ0v) is 12.4. The highest BCUT2D eigenvalue weighted by Gasteiger charge is 2.35. The molecule has 2 aromatic carbocycles. The summed E-state index contributed by atoms with van der Waals surface area (Å²) >= 11 is 0. The number of anilines is 1. The second-order valence-electron chi connectivity index (χ2n) is 4.94. The SMILES string of the molecule is CCCc1ccc(Oc2ccc(NC#N)cc2C(F)(F)F)cc1. The Labute approximate surface area is 132 Å². The van der Waals surface area contributed by atoms with Crippen molar-refractivity contribution in [1.82, 2.24) is 0 Å². The first-order valence-corrected chi connectivity index (χ1v) is 7.07. The summed E-state index contributed by atoms with van der Waals surface area (Å²) in [5, 5.41) is 10.7. The first-order chi connectivity index (χ1) is 10.9. The molecule has 2 aromatic rings. The van der Waals surface area contributed by atoms with Gasteiger partial charge in [0.25, 0.3) is 0 Å². The molecule has 3 nitrogen and oxygen atoms in total. The molecule has 23 heavy (non-hydrogen) atoms. The molecule has 2 rings (SSSR count). The number of nitrogens with zero attached hydrogens (tertiary/aromatic N) is 1. The Kier molecular flexibility index (Phi) is 5.12. The summed E-state index contributed by atoms with van der Waals surface area (Å²) in [5.74, 6) is 0.0283. The van der Waals surface area contributed by atoms with Crippen molar-refractivity contribution in [1.29, 1.82) is 5.26 Å². The van der Waals surface area contributed by atoms with E-state index in [1.165, 1.54) is 12.1 Å². The van der Waals surface area contributed by atoms with Crippen LogP contribution in [0.1, 0.15) is 24.5 Å². The van der Waals surface area contributed by atoms with Gasteiger partial charge in [-0.3, -0.25) is 5.32 Å². The molecule has 6 heteroatoms. The number of halogens is 3. The lowest BCUT2D eigenvalue weighted by atomic mass is 10.1. The van der Waals surface area contributed by atoms with Gasteiger partial charge in [0.15, 0.2) is 6.19 Å². The first-order valence-electron chi connectivity index (χ1n) is 7.07. The Hall–Kier alpha value is -2.68. The molecule has 0 saturated heterocycles. The number of nitrogens with one attached hydrogen (secondary N) is 1. The van der Waals surface area contributed by atoms with Gasteiger partial charge in [-0.15, -0.1) is 0 Å². The molecule has 0 bridgehead atoms. The fraction of sp³-hybridized carbons (Fsp3) is 0.235. The second-order valence-corrected chi connectivity index (χ2v) is 4.94. The van der Waals surface area contributed by atoms with E-state index in [4.69, 9.17) is 10.00 Å². The lowest BCUT2D eigenvalue weighted by Crippen LogP contribution is -2.08. The normalized spacial score (nSPS) is 10.9. The Morgan fingerprint density at radius 3 is 2.39 bits per heavy atom. The third-order valence-electron chi connectivity index (χ3n) is 3.18. The van der Waals surface area contributed by atoms with Gasteiger partial charge in [-0.1, -0.05) is 25.5 Å². The Balaban J connectivity index is 2.29. The maximum Gasteiger partial charge on any atom is 0.420 e. The van der Waals surface area contributed by atoms with Gasteiger partial charge in [-0.05, 0) is 42.3 Å². The van der Waals surface area contributed by atoms with Crippen molar-refractivity contribution in [3.8, 4) is 17.7 Å². The Bertz CT molecular complexity index is 703. The molecule has 0 fully saturated rings. The highest BCUT2D eigenvalue weighted by atomic mass is 19.4. The van der Waals surface area contributed by atoms with Crippen molar-refractivity contribution >= 4 is 5.69 Å². The van der Waals surface area contributed by atoms with Crippen molar-refractivity contribution in [2.75, 3.05) is 5.32 Å². The van der Waals surface area contributed by atoms with E-state index in [9.17, 15) is 13.2 Å². The molecule has 0 aliphatic heterocycles. The van der Waals surface area contributed by atoms with E-state index in [0.29, 0.717) is 5.75 Å². The number of nitriles is 1. The van der Waals surface area contributed by atoms with Gasteiger partial charge in [-0.25, -0.2) is 0 Å². The summed E-state index contributed by atoms with van der Waals surface area (Å²) in [7, 11) is 0. The van der Waals surface area contributed by atoms with Crippen LogP contribution < -0.4 is 10.1 Å². The molecule has 120 valence electrons. The third-order valence-corrected chi connectivity index (χ3v) is 3.18. The molecule has 0 aliphatic rings. The quantitative estimate of drug-likeness (QED) is 0.597. The molecule has 0 aromatic heterocycles. The average molecular weight is 320 g/mol. The average Bonchev–Trinajstić information content (AvgIpc) is 2.50. The minimum absolute atomic E-state index is 0.0606. The molecule has 0 unspecified atom stereocenters. The van der Waals surface area contributed by atoms with Crippen LogP contribution in [0.4, 0.5) is 18.9 Å². The van der Waals surface area contributed by atoms with Crippen molar-refractivity contribution < 1.29 is 17.9 Å². The molecule has 0 amide bonds. The van der Waals surface area contributed by atoms with E-state index < -0.39 is 11.7 Å². The van der Waals surface area contributed by atoms with Gasteiger partial charge in [0.05, 0.1) is 0 Å². The summed E-state index contributed by atoms with van der Waals surface area (Å²) in [6.45, 7) is 2.05. The maximum absolute atomic E-state index is 13.1. The number of ether oxygens (including phenoxy) is 1. The maximum atomic E-state index is 13.1. The van der Waals surface area contributed by atoms with Crippen LogP contribution in [0.15, 0.2) is 42.5 Å². The van der Waals surface area contributed by atoms with Crippen molar-refractivity contribution in [3.63, 3.8) is 0 Å². The second kappa shape index (κ2) is 7.05. The van der Waals surface area contributed by atoms with Gasteiger partial charge in [0.2, 0.25) is 0 Å². The minimum Gasteiger partial charge on any atom is -0.457 e. The van der Waals surface area contributed by atoms with E-state index >= 15 is 0 Å². The highest BCUT2D eigenvalue weighted by molar-refractivity contribution is 5.55. The number of alkyl halides is 3. The topological polar surface area (TPSA) is 45.0 Å². The van der Waals surface area contributed by atoms with Crippen LogP contribution in [-0.4, -0.2) is 0 Å². The molecule has 0 heterocycles. The number of hydrogen-bond donors (Lipinski definition) is 1. The van der Waals surface area contributed by atoms with Crippen molar-refractivity contribution in [2.45, 2.75) is 25.9 Å². The van der Waals surface area contributed by atoms with Crippen LogP contribution >= 0.6 is 0 Å². The van der Waals surface area contributed by atoms with Crippen LogP contribution in [-0.2, 0) is 12.6 Å². The van der Waals surface area contributed by atoms with Crippen LogP contribution in [0.25, 0.3) is 0 Å². The third kappa shape index (κ3) is 4.39. The van der Waals surface area contributed by atoms with E-state index in [0.717, 1.165) is 24.5 Å². The summed E-state index contributed by atoms with van der Waals surface area (Å²) in [6.07, 6.45) is -1.09. The molecule has 0 saturated carbocycles. The number of aryl methyl sites for hydroxylation is 1. The molecule has 0 atom stereocenters. The monoisotopic (exact) mass is 320 g/mol. The summed E-state index contributed by atoms with van der Waals surface area (Å²) in [4.78, 5) is 0. The van der Waals surface area contributed by atoms with Crippen molar-refractivity contribution in [3.05, 3.63) is 53.6 Å².